The highest BCUT2D eigenvalue weighted by atomic mass is 35.5. The lowest BCUT2D eigenvalue weighted by Crippen LogP contribution is -2.30. The zero-order valence-corrected chi connectivity index (χ0v) is 16.3. The predicted molar refractivity (Wildman–Crippen MR) is 108 cm³/mol. The smallest absolute Gasteiger partial charge is 0.336 e. The zero-order valence-electron chi connectivity index (χ0n) is 15.5. The van der Waals surface area contributed by atoms with Crippen LogP contribution in [0, 0.1) is 0 Å². The summed E-state index contributed by atoms with van der Waals surface area (Å²) in [4.78, 5) is 28.0. The fourth-order valence-electron chi connectivity index (χ4n) is 2.89. The van der Waals surface area contributed by atoms with Crippen LogP contribution in [0.3, 0.4) is 0 Å². The third-order valence-electron chi connectivity index (χ3n) is 4.19. The van der Waals surface area contributed by atoms with Gasteiger partial charge in [0.1, 0.15) is 11.3 Å². The van der Waals surface area contributed by atoms with Crippen LogP contribution in [0.25, 0.3) is 11.0 Å². The number of ether oxygens (including phenoxy) is 1. The van der Waals surface area contributed by atoms with Crippen LogP contribution in [0.5, 0.6) is 5.75 Å². The number of nitrogens with one attached hydrogen (secondary N) is 1. The summed E-state index contributed by atoms with van der Waals surface area (Å²) in [5.41, 5.74) is 1.76. The molecule has 0 aliphatic carbocycles. The Kier molecular flexibility index (Phi) is 6.66. The van der Waals surface area contributed by atoms with Crippen LogP contribution in [0.2, 0.25) is 5.02 Å². The van der Waals surface area contributed by atoms with Gasteiger partial charge in [-0.15, -0.1) is 0 Å². The van der Waals surface area contributed by atoms with Crippen LogP contribution in [0.1, 0.15) is 24.6 Å². The van der Waals surface area contributed by atoms with Gasteiger partial charge >= 0.3 is 5.63 Å². The number of aryl methyl sites for hydroxylation is 1. The first-order valence-corrected chi connectivity index (χ1v) is 9.50. The second-order valence-electron chi connectivity index (χ2n) is 6.33. The molecular weight excluding hydrogens is 380 g/mol. The van der Waals surface area contributed by atoms with E-state index >= 15 is 0 Å². The molecule has 146 valence electrons. The van der Waals surface area contributed by atoms with Crippen molar-refractivity contribution in [3.05, 3.63) is 69.3 Å². The van der Waals surface area contributed by atoms with E-state index in [0.717, 1.165) is 29.5 Å². The molecule has 0 spiro atoms. The molecule has 7 heteroatoms. The van der Waals surface area contributed by atoms with E-state index in [9.17, 15) is 9.59 Å². The van der Waals surface area contributed by atoms with Gasteiger partial charge in [0.25, 0.3) is 5.91 Å². The molecule has 0 saturated heterocycles. The molecule has 0 aliphatic heterocycles. The maximum absolute atomic E-state index is 12.0. The Bertz CT molecular complexity index is 1020. The lowest BCUT2D eigenvalue weighted by atomic mass is 10.1. The Morgan fingerprint density at radius 3 is 2.86 bits per heavy atom. The molecule has 1 amide bonds. The van der Waals surface area contributed by atoms with Crippen molar-refractivity contribution in [2.24, 2.45) is 0 Å². The maximum Gasteiger partial charge on any atom is 0.336 e. The predicted octanol–water partition coefficient (Wildman–Crippen LogP) is 3.53. The Morgan fingerprint density at radius 2 is 2.11 bits per heavy atom. The molecule has 0 atom stereocenters. The number of halogens is 1. The van der Waals surface area contributed by atoms with E-state index in [2.05, 4.69) is 10.3 Å². The third kappa shape index (κ3) is 5.10. The van der Waals surface area contributed by atoms with Crippen molar-refractivity contribution in [1.29, 1.82) is 0 Å². The van der Waals surface area contributed by atoms with Crippen molar-refractivity contribution in [3.8, 4) is 5.75 Å². The van der Waals surface area contributed by atoms with Crippen molar-refractivity contribution in [2.75, 3.05) is 13.2 Å². The molecule has 1 aromatic carbocycles. The summed E-state index contributed by atoms with van der Waals surface area (Å²) in [5, 5.41) is 3.91. The average molecular weight is 401 g/mol. The molecular formula is C21H21ClN2O4. The van der Waals surface area contributed by atoms with E-state index in [0.29, 0.717) is 29.3 Å². The molecule has 2 heterocycles. The molecule has 3 rings (SSSR count). The summed E-state index contributed by atoms with van der Waals surface area (Å²) in [5.74, 6) is 0.0270. The average Bonchev–Trinajstić information content (AvgIpc) is 2.68. The van der Waals surface area contributed by atoms with Crippen LogP contribution in [-0.2, 0) is 17.6 Å². The van der Waals surface area contributed by atoms with Crippen LogP contribution < -0.4 is 15.7 Å². The van der Waals surface area contributed by atoms with E-state index in [-0.39, 0.29) is 12.5 Å². The molecule has 0 saturated carbocycles. The number of carbonyl (C=O) groups is 1. The fraction of sp³-hybridized carbons (Fsp3) is 0.286. The fourth-order valence-corrected chi connectivity index (χ4v) is 3.10. The minimum Gasteiger partial charge on any atom is -0.482 e. The number of benzene rings is 1. The van der Waals surface area contributed by atoms with Crippen LogP contribution in [0.15, 0.2) is 51.8 Å². The number of rotatable bonds is 8. The summed E-state index contributed by atoms with van der Waals surface area (Å²) < 4.78 is 10.8. The van der Waals surface area contributed by atoms with E-state index in [1.165, 1.54) is 6.07 Å². The highest BCUT2D eigenvalue weighted by Crippen LogP contribution is 2.31. The van der Waals surface area contributed by atoms with Gasteiger partial charge in [0.05, 0.1) is 5.02 Å². The second kappa shape index (κ2) is 9.37. The molecule has 0 fully saturated rings. The van der Waals surface area contributed by atoms with Crippen molar-refractivity contribution in [2.45, 2.75) is 26.2 Å². The van der Waals surface area contributed by atoms with Gasteiger partial charge in [0, 0.05) is 42.4 Å². The first-order chi connectivity index (χ1) is 13.6. The monoisotopic (exact) mass is 400 g/mol. The normalized spacial score (nSPS) is 10.8. The van der Waals surface area contributed by atoms with Crippen LogP contribution in [-0.4, -0.2) is 24.0 Å². The van der Waals surface area contributed by atoms with Gasteiger partial charge < -0.3 is 14.5 Å². The summed E-state index contributed by atoms with van der Waals surface area (Å²) >= 11 is 6.30. The number of hydrogen-bond donors (Lipinski definition) is 1. The van der Waals surface area contributed by atoms with Gasteiger partial charge in [-0.2, -0.15) is 0 Å². The number of hydrogen-bond acceptors (Lipinski definition) is 5. The number of carbonyl (C=O) groups excluding carboxylic acids is 1. The molecule has 28 heavy (non-hydrogen) atoms. The summed E-state index contributed by atoms with van der Waals surface area (Å²) in [6.07, 6.45) is 3.99. The molecule has 0 aliphatic rings. The number of amides is 1. The number of fused-ring (bicyclic) bond motifs is 1. The quantitative estimate of drug-likeness (QED) is 0.585. The third-order valence-corrected chi connectivity index (χ3v) is 4.49. The first-order valence-electron chi connectivity index (χ1n) is 9.12. The first kappa shape index (κ1) is 19.9. The number of nitrogens with zero attached hydrogens (tertiary/aromatic N) is 1. The van der Waals surface area contributed by atoms with Gasteiger partial charge in [-0.05, 0) is 30.2 Å². The minimum absolute atomic E-state index is 0.188. The molecule has 3 aromatic rings. The zero-order chi connectivity index (χ0) is 19.9. The SMILES string of the molecule is CCCc1cc(=O)oc2cc(OCC(=O)NCCc3ccccn3)c(Cl)cc12. The lowest BCUT2D eigenvalue weighted by molar-refractivity contribution is -0.123. The van der Waals surface area contributed by atoms with Gasteiger partial charge in [-0.25, -0.2) is 4.79 Å². The van der Waals surface area contributed by atoms with E-state index in [1.54, 1.807) is 18.3 Å². The standard InChI is InChI=1S/C21H21ClN2O4/c1-2-5-14-10-21(26)28-18-12-19(17(22)11-16(14)18)27-13-20(25)24-9-7-15-6-3-4-8-23-15/h3-4,6,8,10-12H,2,5,7,9,13H2,1H3,(H,24,25). The van der Waals surface area contributed by atoms with Gasteiger partial charge in [-0.3, -0.25) is 9.78 Å². The maximum atomic E-state index is 12.0. The van der Waals surface area contributed by atoms with E-state index < -0.39 is 5.63 Å². The molecule has 1 N–H and O–H groups in total. The Hall–Kier alpha value is -2.86. The highest BCUT2D eigenvalue weighted by molar-refractivity contribution is 6.32. The van der Waals surface area contributed by atoms with Crippen LogP contribution >= 0.6 is 11.6 Å². The molecule has 0 unspecified atom stereocenters. The minimum atomic E-state index is -0.420. The van der Waals surface area contributed by atoms with Gasteiger partial charge in [0.2, 0.25) is 0 Å². The van der Waals surface area contributed by atoms with Crippen molar-refractivity contribution >= 4 is 28.5 Å². The molecule has 6 nitrogen and oxygen atoms in total. The summed E-state index contributed by atoms with van der Waals surface area (Å²) in [7, 11) is 0. The molecule has 0 bridgehead atoms. The van der Waals surface area contributed by atoms with Crippen molar-refractivity contribution in [3.63, 3.8) is 0 Å². The largest absolute Gasteiger partial charge is 0.482 e. The van der Waals surface area contributed by atoms with Crippen molar-refractivity contribution in [1.82, 2.24) is 10.3 Å². The molecule has 2 aromatic heterocycles. The summed E-state index contributed by atoms with van der Waals surface area (Å²) in [6.45, 7) is 2.30. The van der Waals surface area contributed by atoms with E-state index in [4.69, 9.17) is 20.8 Å². The number of pyridine rings is 1. The summed E-state index contributed by atoms with van der Waals surface area (Å²) in [6, 6.07) is 10.4. The second-order valence-corrected chi connectivity index (χ2v) is 6.74. The number of aromatic nitrogens is 1. The molecule has 0 radical (unpaired) electrons. The lowest BCUT2D eigenvalue weighted by Gasteiger charge is -2.11. The Morgan fingerprint density at radius 1 is 1.25 bits per heavy atom. The van der Waals surface area contributed by atoms with Crippen LogP contribution in [0.4, 0.5) is 0 Å². The highest BCUT2D eigenvalue weighted by Gasteiger charge is 2.12. The Labute approximate surface area is 167 Å². The van der Waals surface area contributed by atoms with Gasteiger partial charge in [-0.1, -0.05) is 31.0 Å². The van der Waals surface area contributed by atoms with Crippen molar-refractivity contribution < 1.29 is 13.9 Å². The topological polar surface area (TPSA) is 81.4 Å². The van der Waals surface area contributed by atoms with E-state index in [1.807, 2.05) is 25.1 Å². The van der Waals surface area contributed by atoms with Gasteiger partial charge in [0.15, 0.2) is 6.61 Å². The Balaban J connectivity index is 1.63.